The Morgan fingerprint density at radius 1 is 1.40 bits per heavy atom. The number of amides is 1. The standard InChI is InChI=1S/C9H15F3N2O/c1-7-5-13(8(2)15)3-4-14(7)6-9(10,11)12/h7H,3-6H2,1-2H3. The zero-order valence-electron chi connectivity index (χ0n) is 8.84. The van der Waals surface area contributed by atoms with E-state index in [9.17, 15) is 18.0 Å². The predicted molar refractivity (Wildman–Crippen MR) is 49.3 cm³/mol. The Kier molecular flexibility index (Phi) is 3.59. The second-order valence-electron chi connectivity index (χ2n) is 3.90. The molecule has 1 unspecified atom stereocenters. The van der Waals surface area contributed by atoms with E-state index < -0.39 is 12.7 Å². The summed E-state index contributed by atoms with van der Waals surface area (Å²) in [6.45, 7) is 3.31. The Hall–Kier alpha value is -0.780. The minimum Gasteiger partial charge on any atom is -0.340 e. The van der Waals surface area contributed by atoms with Gasteiger partial charge in [0.05, 0.1) is 6.54 Å². The van der Waals surface area contributed by atoms with Gasteiger partial charge in [0.25, 0.3) is 0 Å². The van der Waals surface area contributed by atoms with Crippen molar-refractivity contribution in [3.8, 4) is 0 Å². The Morgan fingerprint density at radius 3 is 2.40 bits per heavy atom. The van der Waals surface area contributed by atoms with Crippen LogP contribution in [0.5, 0.6) is 0 Å². The first kappa shape index (κ1) is 12.3. The van der Waals surface area contributed by atoms with Crippen molar-refractivity contribution >= 4 is 5.91 Å². The van der Waals surface area contributed by atoms with Crippen LogP contribution >= 0.6 is 0 Å². The highest BCUT2D eigenvalue weighted by molar-refractivity contribution is 5.73. The molecule has 1 saturated heterocycles. The number of rotatable bonds is 1. The summed E-state index contributed by atoms with van der Waals surface area (Å²) < 4.78 is 36.4. The van der Waals surface area contributed by atoms with Crippen molar-refractivity contribution in [1.29, 1.82) is 0 Å². The first-order valence-corrected chi connectivity index (χ1v) is 4.86. The summed E-state index contributed by atoms with van der Waals surface area (Å²) >= 11 is 0. The molecule has 6 heteroatoms. The lowest BCUT2D eigenvalue weighted by atomic mass is 10.2. The summed E-state index contributed by atoms with van der Waals surface area (Å²) in [7, 11) is 0. The van der Waals surface area contributed by atoms with Crippen molar-refractivity contribution in [2.75, 3.05) is 26.2 Å². The lowest BCUT2D eigenvalue weighted by Gasteiger charge is -2.39. The maximum atomic E-state index is 12.1. The average molecular weight is 224 g/mol. The molecule has 1 heterocycles. The van der Waals surface area contributed by atoms with Gasteiger partial charge in [-0.25, -0.2) is 0 Å². The molecule has 0 aliphatic carbocycles. The molecule has 1 atom stereocenters. The molecular weight excluding hydrogens is 209 g/mol. The van der Waals surface area contributed by atoms with Gasteiger partial charge in [0.2, 0.25) is 5.91 Å². The van der Waals surface area contributed by atoms with E-state index in [-0.39, 0.29) is 11.9 Å². The van der Waals surface area contributed by atoms with E-state index in [1.165, 1.54) is 11.8 Å². The molecule has 1 aliphatic rings. The van der Waals surface area contributed by atoms with Crippen molar-refractivity contribution in [3.63, 3.8) is 0 Å². The first-order valence-electron chi connectivity index (χ1n) is 4.86. The maximum absolute atomic E-state index is 12.1. The fraction of sp³-hybridized carbons (Fsp3) is 0.889. The first-order chi connectivity index (χ1) is 6.79. The molecule has 0 aromatic heterocycles. The third-order valence-corrected chi connectivity index (χ3v) is 2.59. The van der Waals surface area contributed by atoms with Crippen LogP contribution in [0.2, 0.25) is 0 Å². The normalized spacial score (nSPS) is 24.3. The number of hydrogen-bond donors (Lipinski definition) is 0. The second kappa shape index (κ2) is 4.38. The van der Waals surface area contributed by atoms with E-state index in [1.54, 1.807) is 11.8 Å². The fourth-order valence-electron chi connectivity index (χ4n) is 1.75. The lowest BCUT2D eigenvalue weighted by molar-refractivity contribution is -0.157. The zero-order chi connectivity index (χ0) is 11.6. The third kappa shape index (κ3) is 3.70. The van der Waals surface area contributed by atoms with Crippen molar-refractivity contribution in [2.24, 2.45) is 0 Å². The molecule has 88 valence electrons. The molecule has 1 aliphatic heterocycles. The van der Waals surface area contributed by atoms with E-state index in [0.29, 0.717) is 19.6 Å². The number of alkyl halides is 3. The molecule has 0 bridgehead atoms. The molecule has 0 saturated carbocycles. The molecule has 3 nitrogen and oxygen atoms in total. The molecule has 1 amide bonds. The van der Waals surface area contributed by atoms with E-state index in [0.717, 1.165) is 0 Å². The van der Waals surface area contributed by atoms with Gasteiger partial charge in [0.15, 0.2) is 0 Å². The highest BCUT2D eigenvalue weighted by Crippen LogP contribution is 2.20. The highest BCUT2D eigenvalue weighted by Gasteiger charge is 2.35. The van der Waals surface area contributed by atoms with E-state index in [1.807, 2.05) is 0 Å². The number of halogens is 3. The minimum absolute atomic E-state index is 0.0755. The van der Waals surface area contributed by atoms with Crippen LogP contribution in [0.1, 0.15) is 13.8 Å². The maximum Gasteiger partial charge on any atom is 0.401 e. The minimum atomic E-state index is -4.16. The second-order valence-corrected chi connectivity index (χ2v) is 3.90. The van der Waals surface area contributed by atoms with Crippen molar-refractivity contribution in [2.45, 2.75) is 26.1 Å². The fourth-order valence-corrected chi connectivity index (χ4v) is 1.75. The predicted octanol–water partition coefficient (Wildman–Crippen LogP) is 1.10. The summed E-state index contributed by atoms with van der Waals surface area (Å²) in [5, 5.41) is 0. The number of hydrogen-bond acceptors (Lipinski definition) is 2. The quantitative estimate of drug-likeness (QED) is 0.666. The van der Waals surface area contributed by atoms with Crippen LogP contribution in [0.25, 0.3) is 0 Å². The van der Waals surface area contributed by atoms with Crippen LogP contribution in [-0.4, -0.2) is 54.1 Å². The van der Waals surface area contributed by atoms with Crippen LogP contribution in [-0.2, 0) is 4.79 Å². The Balaban J connectivity index is 2.49. The summed E-state index contributed by atoms with van der Waals surface area (Å²) in [4.78, 5) is 14.0. The van der Waals surface area contributed by atoms with Gasteiger partial charge in [-0.3, -0.25) is 9.69 Å². The molecular formula is C9H15F3N2O. The summed E-state index contributed by atoms with van der Waals surface area (Å²) in [5.41, 5.74) is 0. The summed E-state index contributed by atoms with van der Waals surface area (Å²) in [6.07, 6.45) is -4.16. The summed E-state index contributed by atoms with van der Waals surface area (Å²) in [5.74, 6) is -0.0755. The molecule has 1 fully saturated rings. The smallest absolute Gasteiger partial charge is 0.340 e. The Labute approximate surface area is 86.8 Å². The number of piperazine rings is 1. The van der Waals surface area contributed by atoms with Gasteiger partial charge in [0.1, 0.15) is 0 Å². The van der Waals surface area contributed by atoms with Gasteiger partial charge >= 0.3 is 6.18 Å². The third-order valence-electron chi connectivity index (χ3n) is 2.59. The number of carbonyl (C=O) groups is 1. The van der Waals surface area contributed by atoms with E-state index >= 15 is 0 Å². The van der Waals surface area contributed by atoms with Gasteiger partial charge < -0.3 is 4.90 Å². The zero-order valence-corrected chi connectivity index (χ0v) is 8.84. The molecule has 0 aromatic carbocycles. The van der Waals surface area contributed by atoms with Gasteiger partial charge in [-0.1, -0.05) is 0 Å². The van der Waals surface area contributed by atoms with Crippen LogP contribution in [0.3, 0.4) is 0 Å². The topological polar surface area (TPSA) is 23.6 Å². The molecule has 15 heavy (non-hydrogen) atoms. The van der Waals surface area contributed by atoms with E-state index in [4.69, 9.17) is 0 Å². The SMILES string of the molecule is CC(=O)N1CCN(CC(F)(F)F)C(C)C1. The van der Waals surface area contributed by atoms with Gasteiger partial charge in [-0.2, -0.15) is 13.2 Å². The lowest BCUT2D eigenvalue weighted by Crippen LogP contribution is -2.55. The highest BCUT2D eigenvalue weighted by atomic mass is 19.4. The monoisotopic (exact) mass is 224 g/mol. The molecule has 0 aromatic rings. The van der Waals surface area contributed by atoms with Gasteiger partial charge in [-0.15, -0.1) is 0 Å². The Bertz CT molecular complexity index is 242. The van der Waals surface area contributed by atoms with Gasteiger partial charge in [-0.05, 0) is 6.92 Å². The van der Waals surface area contributed by atoms with Crippen molar-refractivity contribution in [1.82, 2.24) is 9.80 Å². The molecule has 0 radical (unpaired) electrons. The van der Waals surface area contributed by atoms with Crippen LogP contribution < -0.4 is 0 Å². The molecule has 0 spiro atoms. The molecule has 0 N–H and O–H groups in total. The van der Waals surface area contributed by atoms with Crippen molar-refractivity contribution < 1.29 is 18.0 Å². The van der Waals surface area contributed by atoms with Crippen molar-refractivity contribution in [3.05, 3.63) is 0 Å². The van der Waals surface area contributed by atoms with E-state index in [2.05, 4.69) is 0 Å². The summed E-state index contributed by atoms with van der Waals surface area (Å²) in [6, 6.07) is -0.232. The number of nitrogens with zero attached hydrogens (tertiary/aromatic N) is 2. The van der Waals surface area contributed by atoms with Crippen LogP contribution in [0.15, 0.2) is 0 Å². The largest absolute Gasteiger partial charge is 0.401 e. The molecule has 1 rings (SSSR count). The van der Waals surface area contributed by atoms with Crippen LogP contribution in [0.4, 0.5) is 13.2 Å². The average Bonchev–Trinajstić information content (AvgIpc) is 2.05. The Morgan fingerprint density at radius 2 is 2.00 bits per heavy atom. The van der Waals surface area contributed by atoms with Crippen LogP contribution in [0, 0.1) is 0 Å². The van der Waals surface area contributed by atoms with Gasteiger partial charge in [0, 0.05) is 32.6 Å². The number of carbonyl (C=O) groups excluding carboxylic acids is 1.